The van der Waals surface area contributed by atoms with Crippen LogP contribution in [-0.4, -0.2) is 22.3 Å². The number of hydrogen-bond acceptors (Lipinski definition) is 3. The Morgan fingerprint density at radius 3 is 2.65 bits per heavy atom. The number of nitrogens with zero attached hydrogens (tertiary/aromatic N) is 2. The summed E-state index contributed by atoms with van der Waals surface area (Å²) in [5.74, 6) is 0.136. The molecular formula is C22H24N2OS. The molecule has 0 radical (unpaired) electrons. The molecule has 3 rings (SSSR count). The van der Waals surface area contributed by atoms with Gasteiger partial charge in [0.05, 0.1) is 12.1 Å². The van der Waals surface area contributed by atoms with E-state index in [9.17, 15) is 4.79 Å². The second-order valence-electron chi connectivity index (χ2n) is 6.49. The third kappa shape index (κ3) is 4.79. The lowest BCUT2D eigenvalue weighted by molar-refractivity contribution is -0.131. The lowest BCUT2D eigenvalue weighted by Crippen LogP contribution is -2.32. The van der Waals surface area contributed by atoms with Gasteiger partial charge in [0.15, 0.2) is 0 Å². The minimum Gasteiger partial charge on any atom is -0.338 e. The Morgan fingerprint density at radius 1 is 1.12 bits per heavy atom. The number of thiazole rings is 1. The average molecular weight is 365 g/mol. The minimum absolute atomic E-state index is 0.136. The van der Waals surface area contributed by atoms with Crippen molar-refractivity contribution in [3.8, 4) is 10.6 Å². The molecule has 0 spiro atoms. The van der Waals surface area contributed by atoms with Gasteiger partial charge in [0.25, 0.3) is 0 Å². The summed E-state index contributed by atoms with van der Waals surface area (Å²) in [6.07, 6.45) is 1.30. The summed E-state index contributed by atoms with van der Waals surface area (Å²) in [5, 5.41) is 2.98. The van der Waals surface area contributed by atoms with E-state index in [1.807, 2.05) is 34.5 Å². The van der Waals surface area contributed by atoms with E-state index in [1.54, 1.807) is 11.3 Å². The summed E-state index contributed by atoms with van der Waals surface area (Å²) in [5.41, 5.74) is 4.34. The smallest absolute Gasteiger partial charge is 0.228 e. The maximum Gasteiger partial charge on any atom is 0.228 e. The van der Waals surface area contributed by atoms with Gasteiger partial charge in [-0.1, -0.05) is 61.0 Å². The van der Waals surface area contributed by atoms with Gasteiger partial charge < -0.3 is 4.90 Å². The van der Waals surface area contributed by atoms with Gasteiger partial charge >= 0.3 is 0 Å². The number of carbonyl (C=O) groups is 1. The topological polar surface area (TPSA) is 33.2 Å². The zero-order valence-electron chi connectivity index (χ0n) is 15.3. The van der Waals surface area contributed by atoms with Crippen LogP contribution in [0.15, 0.2) is 60.0 Å². The fraction of sp³-hybridized carbons (Fsp3) is 0.273. The van der Waals surface area contributed by atoms with Crippen molar-refractivity contribution < 1.29 is 4.79 Å². The first-order valence-corrected chi connectivity index (χ1v) is 9.87. The Labute approximate surface area is 159 Å². The zero-order chi connectivity index (χ0) is 18.4. The van der Waals surface area contributed by atoms with Crippen molar-refractivity contribution in [2.75, 3.05) is 6.54 Å². The third-order valence-corrected chi connectivity index (χ3v) is 5.15. The van der Waals surface area contributed by atoms with Crippen LogP contribution in [-0.2, 0) is 17.8 Å². The number of aromatic nitrogens is 1. The van der Waals surface area contributed by atoms with Crippen molar-refractivity contribution in [1.29, 1.82) is 0 Å². The van der Waals surface area contributed by atoms with Crippen LogP contribution >= 0.6 is 11.3 Å². The van der Waals surface area contributed by atoms with Crippen LogP contribution in [0.4, 0.5) is 0 Å². The summed E-state index contributed by atoms with van der Waals surface area (Å²) in [6.45, 7) is 5.60. The zero-order valence-corrected chi connectivity index (χ0v) is 16.1. The van der Waals surface area contributed by atoms with E-state index in [-0.39, 0.29) is 5.91 Å². The van der Waals surface area contributed by atoms with Crippen LogP contribution in [0.5, 0.6) is 0 Å². The molecule has 0 unspecified atom stereocenters. The molecule has 4 heteroatoms. The standard InChI is InChI=1S/C22H24N2OS/c1-3-12-24(15-18-9-5-4-6-10-18)21(25)14-20-16-26-22(23-20)19-11-7-8-17(2)13-19/h4-11,13,16H,3,12,14-15H2,1-2H3. The minimum atomic E-state index is 0.136. The summed E-state index contributed by atoms with van der Waals surface area (Å²) in [4.78, 5) is 19.4. The fourth-order valence-corrected chi connectivity index (χ4v) is 3.75. The molecule has 0 saturated carbocycles. The summed E-state index contributed by atoms with van der Waals surface area (Å²) < 4.78 is 0. The summed E-state index contributed by atoms with van der Waals surface area (Å²) in [6, 6.07) is 18.5. The third-order valence-electron chi connectivity index (χ3n) is 4.21. The van der Waals surface area contributed by atoms with Gasteiger partial charge in [0.2, 0.25) is 5.91 Å². The van der Waals surface area contributed by atoms with Crippen LogP contribution < -0.4 is 0 Å². The summed E-state index contributed by atoms with van der Waals surface area (Å²) in [7, 11) is 0. The van der Waals surface area contributed by atoms with Gasteiger partial charge in [0, 0.05) is 24.0 Å². The highest BCUT2D eigenvalue weighted by molar-refractivity contribution is 7.13. The number of benzene rings is 2. The van der Waals surface area contributed by atoms with E-state index in [1.165, 1.54) is 5.56 Å². The van der Waals surface area contributed by atoms with E-state index >= 15 is 0 Å². The first-order valence-electron chi connectivity index (χ1n) is 8.99. The van der Waals surface area contributed by atoms with Gasteiger partial charge in [0.1, 0.15) is 5.01 Å². The molecule has 1 heterocycles. The van der Waals surface area contributed by atoms with Crippen LogP contribution in [0.1, 0.15) is 30.2 Å². The van der Waals surface area contributed by atoms with Gasteiger partial charge in [-0.05, 0) is 25.0 Å². The van der Waals surface area contributed by atoms with Gasteiger partial charge in [-0.25, -0.2) is 4.98 Å². The van der Waals surface area contributed by atoms with Gasteiger partial charge in [-0.3, -0.25) is 4.79 Å². The van der Waals surface area contributed by atoms with Crippen LogP contribution in [0.3, 0.4) is 0 Å². The average Bonchev–Trinajstić information content (AvgIpc) is 3.11. The molecule has 1 amide bonds. The molecule has 0 aliphatic heterocycles. The monoisotopic (exact) mass is 364 g/mol. The van der Waals surface area contributed by atoms with Crippen LogP contribution in [0.25, 0.3) is 10.6 Å². The number of rotatable bonds is 7. The molecule has 0 fully saturated rings. The van der Waals surface area contributed by atoms with Crippen LogP contribution in [0, 0.1) is 6.92 Å². The molecule has 0 saturated heterocycles. The van der Waals surface area contributed by atoms with E-state index in [0.717, 1.165) is 34.8 Å². The largest absolute Gasteiger partial charge is 0.338 e. The fourth-order valence-electron chi connectivity index (χ4n) is 2.93. The highest BCUT2D eigenvalue weighted by Crippen LogP contribution is 2.25. The Kier molecular flexibility index (Phi) is 6.18. The molecule has 0 aliphatic carbocycles. The molecule has 3 aromatic rings. The molecule has 2 aromatic carbocycles. The molecule has 0 aliphatic rings. The predicted molar refractivity (Wildman–Crippen MR) is 108 cm³/mol. The Morgan fingerprint density at radius 2 is 1.92 bits per heavy atom. The summed E-state index contributed by atoms with van der Waals surface area (Å²) >= 11 is 1.60. The number of aryl methyl sites for hydroxylation is 1. The SMILES string of the molecule is CCCN(Cc1ccccc1)C(=O)Cc1csc(-c2cccc(C)c2)n1. The molecule has 0 atom stereocenters. The quantitative estimate of drug-likeness (QED) is 0.584. The maximum absolute atomic E-state index is 12.8. The van der Waals surface area contributed by atoms with Gasteiger partial charge in [-0.15, -0.1) is 11.3 Å². The van der Waals surface area contributed by atoms with Crippen LogP contribution in [0.2, 0.25) is 0 Å². The first kappa shape index (κ1) is 18.3. The van der Waals surface area contributed by atoms with Crippen molar-refractivity contribution in [2.24, 2.45) is 0 Å². The van der Waals surface area contributed by atoms with Crippen molar-refractivity contribution in [1.82, 2.24) is 9.88 Å². The Bertz CT molecular complexity index is 857. The van der Waals surface area contributed by atoms with Crippen molar-refractivity contribution in [2.45, 2.75) is 33.2 Å². The number of amides is 1. The van der Waals surface area contributed by atoms with E-state index < -0.39 is 0 Å². The molecule has 134 valence electrons. The lowest BCUT2D eigenvalue weighted by Gasteiger charge is -2.22. The molecule has 26 heavy (non-hydrogen) atoms. The van der Waals surface area contributed by atoms with Crippen molar-refractivity contribution in [3.05, 3.63) is 76.8 Å². The number of carbonyl (C=O) groups excluding carboxylic acids is 1. The Hall–Kier alpha value is -2.46. The van der Waals surface area contributed by atoms with E-state index in [4.69, 9.17) is 0 Å². The van der Waals surface area contributed by atoms with E-state index in [2.05, 4.69) is 49.2 Å². The normalized spacial score (nSPS) is 10.7. The van der Waals surface area contributed by atoms with E-state index in [0.29, 0.717) is 13.0 Å². The first-order chi connectivity index (χ1) is 12.7. The number of hydrogen-bond donors (Lipinski definition) is 0. The lowest BCUT2D eigenvalue weighted by atomic mass is 10.1. The maximum atomic E-state index is 12.8. The molecular weight excluding hydrogens is 340 g/mol. The van der Waals surface area contributed by atoms with Crippen molar-refractivity contribution >= 4 is 17.2 Å². The second-order valence-corrected chi connectivity index (χ2v) is 7.35. The molecule has 3 nitrogen and oxygen atoms in total. The molecule has 0 bridgehead atoms. The highest BCUT2D eigenvalue weighted by Gasteiger charge is 2.16. The molecule has 1 aromatic heterocycles. The molecule has 0 N–H and O–H groups in total. The second kappa shape index (κ2) is 8.77. The Balaban J connectivity index is 1.69. The van der Waals surface area contributed by atoms with Crippen molar-refractivity contribution in [3.63, 3.8) is 0 Å². The highest BCUT2D eigenvalue weighted by atomic mass is 32.1. The van der Waals surface area contributed by atoms with Gasteiger partial charge in [-0.2, -0.15) is 0 Å². The predicted octanol–water partition coefficient (Wildman–Crippen LogP) is 5.10.